The van der Waals surface area contributed by atoms with E-state index in [0.29, 0.717) is 31.4 Å². The number of nitrogens with zero attached hydrogens (tertiary/aromatic N) is 4. The molecule has 3 aliphatic rings. The summed E-state index contributed by atoms with van der Waals surface area (Å²) in [5.41, 5.74) is 0.551. The van der Waals surface area contributed by atoms with Gasteiger partial charge in [-0.25, -0.2) is 0 Å². The molecule has 0 saturated carbocycles. The van der Waals surface area contributed by atoms with E-state index in [4.69, 9.17) is 4.74 Å². The van der Waals surface area contributed by atoms with Gasteiger partial charge in [-0.05, 0) is 27.7 Å². The summed E-state index contributed by atoms with van der Waals surface area (Å²) in [6.45, 7) is 4.43. The third-order valence-corrected chi connectivity index (χ3v) is 6.65. The number of ketones is 1. The zero-order chi connectivity index (χ0) is 21.7. The normalized spacial score (nSPS) is 22.4. The lowest BCUT2D eigenvalue weighted by Gasteiger charge is -2.37. The Balaban J connectivity index is 1.80. The fraction of sp³-hybridized carbons (Fsp3) is 0.458. The Morgan fingerprint density at radius 1 is 0.800 bits per heavy atom. The van der Waals surface area contributed by atoms with Crippen LogP contribution >= 0.6 is 0 Å². The molecule has 0 atom stereocenters. The van der Waals surface area contributed by atoms with Crippen molar-refractivity contribution in [1.29, 1.82) is 21.0 Å². The Morgan fingerprint density at radius 2 is 1.33 bits per heavy atom. The van der Waals surface area contributed by atoms with Crippen LogP contribution in [-0.2, 0) is 35.4 Å². The molecule has 0 radical (unpaired) electrons. The molecule has 1 heterocycles. The summed E-state index contributed by atoms with van der Waals surface area (Å²) in [7, 11) is 0. The smallest absolute Gasteiger partial charge is 0.179 e. The van der Waals surface area contributed by atoms with E-state index in [0.717, 1.165) is 28.0 Å². The van der Waals surface area contributed by atoms with Crippen LogP contribution in [0.2, 0.25) is 0 Å². The first-order valence-corrected chi connectivity index (χ1v) is 9.89. The zero-order valence-electron chi connectivity index (χ0n) is 17.0. The molecule has 0 N–H and O–H groups in total. The highest BCUT2D eigenvalue weighted by Crippen LogP contribution is 2.49. The largest absolute Gasteiger partial charge is 0.493 e. The van der Waals surface area contributed by atoms with Crippen molar-refractivity contribution in [2.75, 3.05) is 0 Å². The average molecular weight is 396 g/mol. The molecule has 30 heavy (non-hydrogen) atoms. The molecule has 0 spiro atoms. The van der Waals surface area contributed by atoms with Gasteiger partial charge in [0.05, 0.1) is 24.3 Å². The SMILES string of the molecule is CC1(C)CC(=O)C2=C(C1)OCc1cc3c(cc1C2)CC(C#N)(C#N)C(C#N)(C#N)C3. The number of rotatable bonds is 0. The third kappa shape index (κ3) is 2.69. The van der Waals surface area contributed by atoms with Crippen molar-refractivity contribution in [3.8, 4) is 24.3 Å². The van der Waals surface area contributed by atoms with Gasteiger partial charge in [-0.1, -0.05) is 26.0 Å². The maximum absolute atomic E-state index is 12.8. The summed E-state index contributed by atoms with van der Waals surface area (Å²) >= 11 is 0. The molecule has 1 aliphatic heterocycles. The fourth-order valence-electron chi connectivity index (χ4n) is 4.87. The van der Waals surface area contributed by atoms with Gasteiger partial charge in [-0.2, -0.15) is 21.0 Å². The van der Waals surface area contributed by atoms with E-state index >= 15 is 0 Å². The maximum atomic E-state index is 12.8. The topological polar surface area (TPSA) is 121 Å². The van der Waals surface area contributed by atoms with Gasteiger partial charge in [0.15, 0.2) is 16.6 Å². The van der Waals surface area contributed by atoms with E-state index in [1.165, 1.54) is 0 Å². The lowest BCUT2D eigenvalue weighted by molar-refractivity contribution is -0.118. The summed E-state index contributed by atoms with van der Waals surface area (Å²) in [6, 6.07) is 11.7. The number of allylic oxidation sites excluding steroid dienone is 2. The molecule has 148 valence electrons. The number of nitriles is 4. The second-order valence-corrected chi connectivity index (χ2v) is 9.31. The van der Waals surface area contributed by atoms with Crippen molar-refractivity contribution in [2.24, 2.45) is 16.2 Å². The predicted octanol–water partition coefficient (Wildman–Crippen LogP) is 3.57. The van der Waals surface area contributed by atoms with Gasteiger partial charge in [0.2, 0.25) is 0 Å². The van der Waals surface area contributed by atoms with Crippen LogP contribution in [0.5, 0.6) is 0 Å². The van der Waals surface area contributed by atoms with E-state index in [9.17, 15) is 25.8 Å². The Hall–Kier alpha value is -3.61. The quantitative estimate of drug-likeness (QED) is 0.661. The van der Waals surface area contributed by atoms with Crippen LogP contribution < -0.4 is 0 Å². The van der Waals surface area contributed by atoms with Crippen LogP contribution in [0.4, 0.5) is 0 Å². The first-order valence-electron chi connectivity index (χ1n) is 9.89. The van der Waals surface area contributed by atoms with E-state index in [-0.39, 0.29) is 24.0 Å². The molecule has 0 fully saturated rings. The molecular formula is C24H20N4O2. The Bertz CT molecular complexity index is 1150. The van der Waals surface area contributed by atoms with E-state index in [1.54, 1.807) is 0 Å². The minimum absolute atomic E-state index is 0.0114. The Kier molecular flexibility index (Phi) is 4.23. The molecule has 1 aromatic rings. The number of fused-ring (bicyclic) bond motifs is 2. The molecule has 0 unspecified atom stereocenters. The number of carbonyl (C=O) groups is 1. The standard InChI is InChI=1S/C24H20N4O2/c1-22(2)8-20(29)19-5-15-3-16-6-23(11-25,12-26)24(13-27,14-28)7-17(16)4-18(15)10-30-21(19)9-22/h3-4H,5-10H2,1-2H3. The van der Waals surface area contributed by atoms with Crippen molar-refractivity contribution in [2.45, 2.75) is 52.6 Å². The first kappa shape index (κ1) is 19.7. The predicted molar refractivity (Wildman–Crippen MR) is 105 cm³/mol. The van der Waals surface area contributed by atoms with Gasteiger partial charge >= 0.3 is 0 Å². The molecule has 2 aliphatic carbocycles. The summed E-state index contributed by atoms with van der Waals surface area (Å²) in [5.74, 6) is 0.848. The minimum atomic E-state index is -1.73. The van der Waals surface area contributed by atoms with Crippen LogP contribution in [0.1, 0.15) is 48.9 Å². The highest BCUT2D eigenvalue weighted by Gasteiger charge is 2.57. The van der Waals surface area contributed by atoms with Crippen LogP contribution in [0.15, 0.2) is 23.5 Å². The second-order valence-electron chi connectivity index (χ2n) is 9.31. The summed E-state index contributed by atoms with van der Waals surface area (Å²) in [5, 5.41) is 38.9. The van der Waals surface area contributed by atoms with Crippen LogP contribution in [-0.4, -0.2) is 5.78 Å². The van der Waals surface area contributed by atoms with Crippen molar-refractivity contribution < 1.29 is 9.53 Å². The fourth-order valence-corrected chi connectivity index (χ4v) is 4.87. The number of ether oxygens (including phenoxy) is 1. The summed E-state index contributed by atoms with van der Waals surface area (Å²) in [4.78, 5) is 12.8. The zero-order valence-corrected chi connectivity index (χ0v) is 17.0. The molecule has 6 heteroatoms. The molecule has 0 amide bonds. The average Bonchev–Trinajstić information content (AvgIpc) is 2.89. The number of hydrogen-bond acceptors (Lipinski definition) is 6. The summed E-state index contributed by atoms with van der Waals surface area (Å²) in [6.07, 6.45) is 1.68. The van der Waals surface area contributed by atoms with Crippen LogP contribution in [0.25, 0.3) is 0 Å². The molecule has 0 bridgehead atoms. The van der Waals surface area contributed by atoms with Gasteiger partial charge in [-0.15, -0.1) is 0 Å². The molecule has 1 aromatic carbocycles. The highest BCUT2D eigenvalue weighted by molar-refractivity contribution is 5.97. The third-order valence-electron chi connectivity index (χ3n) is 6.65. The lowest BCUT2D eigenvalue weighted by Crippen LogP contribution is -2.45. The van der Waals surface area contributed by atoms with Crippen molar-refractivity contribution in [3.63, 3.8) is 0 Å². The van der Waals surface area contributed by atoms with Crippen LogP contribution in [0.3, 0.4) is 0 Å². The van der Waals surface area contributed by atoms with Gasteiger partial charge in [0.25, 0.3) is 0 Å². The number of Topliss-reactive ketones (excluding diaryl/α,β-unsaturated/α-hetero) is 1. The van der Waals surface area contributed by atoms with Crippen LogP contribution in [0, 0.1) is 61.6 Å². The summed E-state index contributed by atoms with van der Waals surface area (Å²) < 4.78 is 6.04. The number of carbonyl (C=O) groups excluding carboxylic acids is 1. The van der Waals surface area contributed by atoms with Gasteiger partial charge in [0.1, 0.15) is 12.4 Å². The Labute approximate surface area is 175 Å². The number of benzene rings is 1. The van der Waals surface area contributed by atoms with Crippen molar-refractivity contribution in [3.05, 3.63) is 45.7 Å². The second kappa shape index (κ2) is 6.45. The molecule has 0 aromatic heterocycles. The molecule has 6 nitrogen and oxygen atoms in total. The minimum Gasteiger partial charge on any atom is -0.493 e. The van der Waals surface area contributed by atoms with E-state index in [1.807, 2.05) is 36.4 Å². The maximum Gasteiger partial charge on any atom is 0.179 e. The number of hydrogen-bond donors (Lipinski definition) is 0. The van der Waals surface area contributed by atoms with Crippen molar-refractivity contribution in [1.82, 2.24) is 0 Å². The molecule has 0 saturated heterocycles. The van der Waals surface area contributed by atoms with Crippen molar-refractivity contribution >= 4 is 5.78 Å². The first-order chi connectivity index (χ1) is 14.2. The Morgan fingerprint density at radius 3 is 1.87 bits per heavy atom. The molecule has 4 rings (SSSR count). The van der Waals surface area contributed by atoms with Gasteiger partial charge < -0.3 is 4.74 Å². The van der Waals surface area contributed by atoms with Gasteiger partial charge in [0, 0.05) is 37.7 Å². The lowest BCUT2D eigenvalue weighted by atomic mass is 9.57. The van der Waals surface area contributed by atoms with E-state index < -0.39 is 10.8 Å². The van der Waals surface area contributed by atoms with E-state index in [2.05, 4.69) is 13.8 Å². The highest BCUT2D eigenvalue weighted by atomic mass is 16.5. The van der Waals surface area contributed by atoms with Gasteiger partial charge in [-0.3, -0.25) is 4.79 Å². The monoisotopic (exact) mass is 396 g/mol. The molecular weight excluding hydrogens is 376 g/mol.